The van der Waals surface area contributed by atoms with E-state index < -0.39 is 11.0 Å². The van der Waals surface area contributed by atoms with Crippen molar-refractivity contribution in [3.8, 4) is 0 Å². The third kappa shape index (κ3) is 3.76. The van der Waals surface area contributed by atoms with Gasteiger partial charge in [-0.2, -0.15) is 5.10 Å². The van der Waals surface area contributed by atoms with Gasteiger partial charge in [-0.3, -0.25) is 10.1 Å². The summed E-state index contributed by atoms with van der Waals surface area (Å²) < 4.78 is 1.47. The van der Waals surface area contributed by atoms with Crippen LogP contribution in [0.4, 0.5) is 22.0 Å². The topological polar surface area (TPSA) is 128 Å². The third-order valence-electron chi connectivity index (χ3n) is 3.29. The van der Waals surface area contributed by atoms with Crippen LogP contribution in [-0.4, -0.2) is 20.7 Å². The van der Waals surface area contributed by atoms with E-state index in [4.69, 9.17) is 5.73 Å². The Morgan fingerprint density at radius 2 is 2.04 bits per heavy atom. The number of amides is 2. The summed E-state index contributed by atoms with van der Waals surface area (Å²) in [6, 6.07) is 6.37. The minimum absolute atomic E-state index is 0.00187. The Labute approximate surface area is 132 Å². The summed E-state index contributed by atoms with van der Waals surface area (Å²) in [5.41, 5.74) is 6.97. The van der Waals surface area contributed by atoms with Gasteiger partial charge in [-0.15, -0.1) is 0 Å². The lowest BCUT2D eigenvalue weighted by atomic mass is 10.2. The zero-order chi connectivity index (χ0) is 17.0. The monoisotopic (exact) mass is 318 g/mol. The largest absolute Gasteiger partial charge is 0.360 e. The number of nitrogens with zero attached hydrogens (tertiary/aromatic N) is 3. The van der Waals surface area contributed by atoms with E-state index >= 15 is 0 Å². The molecule has 9 heteroatoms. The molecule has 0 aliphatic heterocycles. The fraction of sp³-hybridized carbons (Fsp3) is 0.286. The summed E-state index contributed by atoms with van der Waals surface area (Å²) in [5.74, 6) is 0.367. The number of nitrogens with two attached hydrogens (primary N) is 1. The predicted octanol–water partition coefficient (Wildman–Crippen LogP) is 1.99. The number of carbonyl (C=O) groups excluding carboxylic acids is 1. The van der Waals surface area contributed by atoms with Crippen LogP contribution in [0.25, 0.3) is 0 Å². The Morgan fingerprint density at radius 1 is 1.39 bits per heavy atom. The summed E-state index contributed by atoms with van der Waals surface area (Å²) in [5, 5.41) is 20.9. The molecule has 0 aliphatic carbocycles. The lowest BCUT2D eigenvalue weighted by Gasteiger charge is -2.07. The molecule has 122 valence electrons. The molecule has 2 rings (SSSR count). The summed E-state index contributed by atoms with van der Waals surface area (Å²) in [6.45, 7) is 2.21. The van der Waals surface area contributed by atoms with Gasteiger partial charge in [0, 0.05) is 19.3 Å². The molecular weight excluding hydrogens is 300 g/mol. The maximum absolute atomic E-state index is 11.2. The van der Waals surface area contributed by atoms with E-state index in [1.165, 1.54) is 4.68 Å². The van der Waals surface area contributed by atoms with Crippen LogP contribution in [0.5, 0.6) is 0 Å². The molecule has 0 saturated heterocycles. The van der Waals surface area contributed by atoms with Crippen molar-refractivity contribution in [2.45, 2.75) is 19.9 Å². The molecule has 4 N–H and O–H groups in total. The van der Waals surface area contributed by atoms with E-state index in [9.17, 15) is 14.9 Å². The molecule has 0 saturated carbocycles. The lowest BCUT2D eigenvalue weighted by Crippen LogP contribution is -2.19. The highest BCUT2D eigenvalue weighted by Crippen LogP contribution is 2.28. The highest BCUT2D eigenvalue weighted by molar-refractivity contribution is 5.87. The molecule has 1 aromatic carbocycles. The average Bonchev–Trinajstić information content (AvgIpc) is 2.82. The van der Waals surface area contributed by atoms with E-state index in [2.05, 4.69) is 15.7 Å². The van der Waals surface area contributed by atoms with Crippen molar-refractivity contribution in [3.63, 3.8) is 0 Å². The van der Waals surface area contributed by atoms with Crippen LogP contribution in [0.15, 0.2) is 24.3 Å². The highest BCUT2D eigenvalue weighted by Gasteiger charge is 2.25. The number of nitrogens with one attached hydrogen (secondary N) is 2. The molecule has 2 amide bonds. The van der Waals surface area contributed by atoms with Crippen LogP contribution in [0.2, 0.25) is 0 Å². The van der Waals surface area contributed by atoms with Crippen LogP contribution in [-0.2, 0) is 20.0 Å². The summed E-state index contributed by atoms with van der Waals surface area (Å²) in [6.07, 6.45) is 0.485. The van der Waals surface area contributed by atoms with Crippen LogP contribution >= 0.6 is 0 Å². The molecule has 0 fully saturated rings. The van der Waals surface area contributed by atoms with Crippen LogP contribution < -0.4 is 16.4 Å². The van der Waals surface area contributed by atoms with Crippen molar-refractivity contribution in [3.05, 3.63) is 45.6 Å². The number of nitro groups is 1. The summed E-state index contributed by atoms with van der Waals surface area (Å²) in [7, 11) is 1.66. The van der Waals surface area contributed by atoms with Gasteiger partial charge in [0.15, 0.2) is 0 Å². The molecule has 2 aromatic rings. The standard InChI is InChI=1S/C14H18N6O3/c1-3-11-12(20(22)23)13(19(2)18-11)16-8-9-4-6-10(7-5-9)17-14(15)21/h4-7,16H,3,8H2,1-2H3,(H3,15,17,21). The van der Waals surface area contributed by atoms with E-state index in [1.807, 2.05) is 6.92 Å². The van der Waals surface area contributed by atoms with Crippen LogP contribution in [0.3, 0.4) is 0 Å². The molecular formula is C14H18N6O3. The van der Waals surface area contributed by atoms with Gasteiger partial charge in [0.25, 0.3) is 0 Å². The molecule has 0 atom stereocenters. The molecule has 0 aliphatic rings. The predicted molar refractivity (Wildman–Crippen MR) is 86.2 cm³/mol. The fourth-order valence-corrected chi connectivity index (χ4v) is 2.23. The molecule has 0 spiro atoms. The molecule has 23 heavy (non-hydrogen) atoms. The first-order valence-electron chi connectivity index (χ1n) is 7.02. The van der Waals surface area contributed by atoms with Crippen molar-refractivity contribution in [1.82, 2.24) is 9.78 Å². The minimum atomic E-state index is -0.631. The first kappa shape index (κ1) is 16.3. The summed E-state index contributed by atoms with van der Waals surface area (Å²) in [4.78, 5) is 21.6. The SMILES string of the molecule is CCc1nn(C)c(NCc2ccc(NC(N)=O)cc2)c1[N+](=O)[O-]. The molecule has 1 heterocycles. The van der Waals surface area contributed by atoms with Gasteiger partial charge in [-0.25, -0.2) is 9.48 Å². The van der Waals surface area contributed by atoms with Gasteiger partial charge in [0.1, 0.15) is 5.69 Å². The molecule has 1 aromatic heterocycles. The number of rotatable bonds is 6. The molecule has 9 nitrogen and oxygen atoms in total. The molecule has 0 radical (unpaired) electrons. The number of aryl methyl sites for hydroxylation is 2. The van der Waals surface area contributed by atoms with Crippen LogP contribution in [0, 0.1) is 10.1 Å². The normalized spacial score (nSPS) is 10.3. The number of hydrogen-bond donors (Lipinski definition) is 3. The average molecular weight is 318 g/mol. The quantitative estimate of drug-likeness (QED) is 0.554. The second-order valence-corrected chi connectivity index (χ2v) is 4.92. The lowest BCUT2D eigenvalue weighted by molar-refractivity contribution is -0.384. The summed E-state index contributed by atoms with van der Waals surface area (Å²) >= 11 is 0. The second kappa shape index (κ2) is 6.77. The van der Waals surface area contributed by atoms with Crippen molar-refractivity contribution in [1.29, 1.82) is 0 Å². The van der Waals surface area contributed by atoms with Gasteiger partial charge in [-0.1, -0.05) is 19.1 Å². The van der Waals surface area contributed by atoms with E-state index in [0.717, 1.165) is 5.56 Å². The highest BCUT2D eigenvalue weighted by atomic mass is 16.6. The second-order valence-electron chi connectivity index (χ2n) is 4.92. The number of aromatic nitrogens is 2. The number of carbonyl (C=O) groups is 1. The molecule has 0 bridgehead atoms. The van der Waals surface area contributed by atoms with Crippen molar-refractivity contribution < 1.29 is 9.72 Å². The van der Waals surface area contributed by atoms with Gasteiger partial charge in [0.2, 0.25) is 5.82 Å². The first-order valence-corrected chi connectivity index (χ1v) is 7.02. The van der Waals surface area contributed by atoms with Crippen molar-refractivity contribution >= 4 is 23.2 Å². The Hall–Kier alpha value is -3.10. The third-order valence-corrected chi connectivity index (χ3v) is 3.29. The number of primary amides is 1. The first-order chi connectivity index (χ1) is 10.9. The van der Waals surface area contributed by atoms with Crippen molar-refractivity contribution in [2.75, 3.05) is 10.6 Å². The Balaban J connectivity index is 2.13. The zero-order valence-electron chi connectivity index (χ0n) is 12.9. The van der Waals surface area contributed by atoms with Crippen molar-refractivity contribution in [2.24, 2.45) is 12.8 Å². The fourth-order valence-electron chi connectivity index (χ4n) is 2.23. The van der Waals surface area contributed by atoms with Gasteiger partial charge in [-0.05, 0) is 24.1 Å². The van der Waals surface area contributed by atoms with Crippen LogP contribution in [0.1, 0.15) is 18.2 Å². The Bertz CT molecular complexity index is 723. The van der Waals surface area contributed by atoms with Gasteiger partial charge in [0.05, 0.1) is 4.92 Å². The number of anilines is 2. The maximum Gasteiger partial charge on any atom is 0.333 e. The van der Waals surface area contributed by atoms with E-state index in [1.54, 1.807) is 31.3 Å². The minimum Gasteiger partial charge on any atom is -0.360 e. The number of benzene rings is 1. The number of hydrogen-bond acceptors (Lipinski definition) is 5. The Kier molecular flexibility index (Phi) is 4.79. The van der Waals surface area contributed by atoms with Gasteiger partial charge < -0.3 is 16.4 Å². The van der Waals surface area contributed by atoms with Gasteiger partial charge >= 0.3 is 11.7 Å². The van der Waals surface area contributed by atoms with E-state index in [0.29, 0.717) is 30.2 Å². The Morgan fingerprint density at radius 3 is 2.57 bits per heavy atom. The zero-order valence-corrected chi connectivity index (χ0v) is 12.9. The smallest absolute Gasteiger partial charge is 0.333 e. The van der Waals surface area contributed by atoms with E-state index in [-0.39, 0.29) is 5.69 Å². The maximum atomic E-state index is 11.2. The molecule has 0 unspecified atom stereocenters. The number of urea groups is 1.